The van der Waals surface area contributed by atoms with Crippen molar-refractivity contribution in [2.75, 3.05) is 0 Å². The van der Waals surface area contributed by atoms with E-state index < -0.39 is 36.1 Å². The topological polar surface area (TPSA) is 304 Å². The second-order valence-electron chi connectivity index (χ2n) is 22.4. The first kappa shape index (κ1) is 61.1. The van der Waals surface area contributed by atoms with Crippen LogP contribution < -0.4 is 0 Å². The van der Waals surface area contributed by atoms with Crippen molar-refractivity contribution < 1.29 is 49.8 Å². The van der Waals surface area contributed by atoms with Crippen molar-refractivity contribution in [2.45, 2.75) is 133 Å². The summed E-state index contributed by atoms with van der Waals surface area (Å²) in [4.78, 5) is 79.9. The molecule has 0 spiro atoms. The molecule has 86 heavy (non-hydrogen) atoms. The molecule has 6 aromatic rings. The summed E-state index contributed by atoms with van der Waals surface area (Å²) in [7, 11) is 0. The van der Waals surface area contributed by atoms with E-state index in [1.54, 1.807) is 13.8 Å². The first-order valence-electron chi connectivity index (χ1n) is 28.6. The van der Waals surface area contributed by atoms with Crippen LogP contribution in [-0.4, -0.2) is 94.4 Å². The molecule has 0 amide bonds. The minimum absolute atomic E-state index is 0.0367. The molecule has 18 heteroatoms. The van der Waals surface area contributed by atoms with Crippen LogP contribution in [0.3, 0.4) is 0 Å². The summed E-state index contributed by atoms with van der Waals surface area (Å²) in [6.07, 6.45) is 3.02. The number of hydrogen-bond acceptors (Lipinski definition) is 10. The number of carboxylic acid groups (broad SMARTS) is 4. The highest BCUT2D eigenvalue weighted by Crippen LogP contribution is 2.41. The zero-order valence-electron chi connectivity index (χ0n) is 50.1. The van der Waals surface area contributed by atoms with Gasteiger partial charge in [0.25, 0.3) is 0 Å². The number of aromatic amines is 4. The lowest BCUT2D eigenvalue weighted by Crippen LogP contribution is -1.97. The molecule has 6 aromatic heterocycles. The molecule has 444 valence electrons. The molecule has 0 saturated carbocycles. The Morgan fingerprint density at radius 2 is 0.628 bits per heavy atom. The third-order valence-corrected chi connectivity index (χ3v) is 16.9. The number of nitrogens with zero attached hydrogens (tertiary/aromatic N) is 4. The summed E-state index contributed by atoms with van der Waals surface area (Å²) < 4.78 is 0. The molecule has 2 unspecified atom stereocenters. The van der Waals surface area contributed by atoms with Crippen LogP contribution >= 0.6 is 0 Å². The van der Waals surface area contributed by atoms with Crippen molar-refractivity contribution in [3.8, 4) is 0 Å². The SMILES string of the molecule is C=Cc1c(C)c2cc3[nH]c(cc4nc(cc5nc(cc1[nH]2)C(C)=C5CCC(=O)O)C(CCC(=O)O)=C4C)c(C)c3C=C.CC1=C(CCC(=O)O)c2cc3nc(cc4[nH]c(cc5[nH]c(cc1n2)c(C)c5C(C)O)c(C)c4C(C)O)C(C)=C3CCC(=O)O. The summed E-state index contributed by atoms with van der Waals surface area (Å²) in [6, 6.07) is 15.4. The maximum atomic E-state index is 11.6. The Balaban J connectivity index is 0.000000206. The number of fused-ring (bicyclic) bond motifs is 16. The van der Waals surface area contributed by atoms with Crippen LogP contribution in [0.5, 0.6) is 0 Å². The van der Waals surface area contributed by atoms with Gasteiger partial charge in [-0.3, -0.25) is 19.2 Å². The Morgan fingerprint density at radius 3 is 0.942 bits per heavy atom. The van der Waals surface area contributed by atoms with E-state index >= 15 is 0 Å². The monoisotopic (exact) mass is 1160 g/mol. The highest BCUT2D eigenvalue weighted by molar-refractivity contribution is 5.99. The minimum Gasteiger partial charge on any atom is -0.481 e. The zero-order chi connectivity index (χ0) is 62.3. The van der Waals surface area contributed by atoms with Gasteiger partial charge in [0.05, 0.1) is 57.8 Å². The number of carboxylic acids is 4. The number of nitrogens with one attached hydrogen (secondary N) is 4. The summed E-state index contributed by atoms with van der Waals surface area (Å²) in [5, 5.41) is 59.4. The van der Waals surface area contributed by atoms with Crippen LogP contribution in [0.1, 0.15) is 195 Å². The number of aryl methyl sites for hydroxylation is 4. The smallest absolute Gasteiger partial charge is 0.303 e. The van der Waals surface area contributed by atoms with Crippen molar-refractivity contribution in [2.24, 2.45) is 0 Å². The minimum atomic E-state index is -0.921. The molecule has 0 fully saturated rings. The summed E-state index contributed by atoms with van der Waals surface area (Å²) >= 11 is 0. The molecular formula is C68H72N8O10. The van der Waals surface area contributed by atoms with E-state index in [2.05, 4.69) is 39.2 Å². The standard InChI is InChI=1S/C34H38N4O6.C34H34N4O4/c1-15-21(7-9-31(41)42)27-14-28-22(8-10-32(43)44)16(2)24(36-28)12-29-34(20(6)40)18(4)26(38-29)13-30-33(19(5)39)17(3)25(37-30)11-23(15)35-27;1-7-21-17(3)25-13-26-19(5)23(9-11-33(39)40)31(37-26)16-32-24(10-12-34(41)42)20(6)28(38-32)15-30-22(8-2)18(4)27(36-30)14-29(21)35-25/h11-14,19-20,37-40H,7-10H2,1-6H3,(H,41,42)(H,43,44);7-8,13-16,35-36H,1-2,9-12H2,3-6H3,(H,39,40)(H,41,42). The van der Waals surface area contributed by atoms with Gasteiger partial charge in [-0.05, 0) is 210 Å². The number of aliphatic carboxylic acids is 4. The van der Waals surface area contributed by atoms with Gasteiger partial charge in [-0.1, -0.05) is 25.3 Å². The predicted octanol–water partition coefficient (Wildman–Crippen LogP) is 14.4. The number of rotatable bonds is 16. The molecule has 0 aliphatic carbocycles. The van der Waals surface area contributed by atoms with Gasteiger partial charge < -0.3 is 50.6 Å². The van der Waals surface area contributed by atoms with E-state index in [0.717, 1.165) is 128 Å². The lowest BCUT2D eigenvalue weighted by atomic mass is 9.98. The van der Waals surface area contributed by atoms with Gasteiger partial charge in [0.15, 0.2) is 0 Å². The van der Waals surface area contributed by atoms with E-state index in [0.29, 0.717) is 63.6 Å². The number of aromatic nitrogens is 8. The first-order valence-corrected chi connectivity index (χ1v) is 28.6. The highest BCUT2D eigenvalue weighted by atomic mass is 16.4. The number of H-pyrrole nitrogens is 4. The third-order valence-electron chi connectivity index (χ3n) is 16.9. The van der Waals surface area contributed by atoms with E-state index in [1.165, 1.54) is 0 Å². The van der Waals surface area contributed by atoms with Gasteiger partial charge in [0.1, 0.15) is 0 Å². The summed E-state index contributed by atoms with van der Waals surface area (Å²) in [5.41, 5.74) is 25.4. The second kappa shape index (κ2) is 24.6. The Labute approximate surface area is 496 Å². The molecule has 10 N–H and O–H groups in total. The summed E-state index contributed by atoms with van der Waals surface area (Å²) in [5.74, 6) is -3.62. The van der Waals surface area contributed by atoms with Gasteiger partial charge in [-0.15, -0.1) is 0 Å². The second-order valence-corrected chi connectivity index (χ2v) is 22.4. The Morgan fingerprint density at radius 1 is 0.384 bits per heavy atom. The fourth-order valence-electron chi connectivity index (χ4n) is 12.1. The molecule has 10 heterocycles. The normalized spacial score (nSPS) is 13.9. The van der Waals surface area contributed by atoms with Crippen LogP contribution in [0.25, 0.3) is 101 Å². The summed E-state index contributed by atoms with van der Waals surface area (Å²) in [6.45, 7) is 27.2. The van der Waals surface area contributed by atoms with Gasteiger partial charge in [0.2, 0.25) is 0 Å². The molecule has 18 nitrogen and oxygen atoms in total. The molecule has 2 atom stereocenters. The Bertz CT molecular complexity index is 4400. The maximum absolute atomic E-state index is 11.6. The number of aliphatic hydroxyl groups excluding tert-OH is 2. The Kier molecular flexibility index (Phi) is 17.5. The quantitative estimate of drug-likeness (QED) is 0.0431. The average Bonchev–Trinajstić information content (AvgIpc) is 2.07. The zero-order valence-corrected chi connectivity index (χ0v) is 50.1. The average molecular weight is 1160 g/mol. The molecule has 0 radical (unpaired) electrons. The van der Waals surface area contributed by atoms with Crippen molar-refractivity contribution in [3.63, 3.8) is 0 Å². The van der Waals surface area contributed by atoms with E-state index in [4.69, 9.17) is 19.9 Å². The highest BCUT2D eigenvalue weighted by Gasteiger charge is 2.26. The molecule has 4 aliphatic rings. The fraction of sp³-hybridized carbons (Fsp3) is 0.294. The predicted molar refractivity (Wildman–Crippen MR) is 340 cm³/mol. The fourth-order valence-corrected chi connectivity index (χ4v) is 12.1. The number of aliphatic hydroxyl groups is 2. The van der Waals surface area contributed by atoms with Crippen LogP contribution in [0.2, 0.25) is 0 Å². The van der Waals surface area contributed by atoms with Crippen LogP contribution in [-0.2, 0) is 19.2 Å². The number of hydrogen-bond donors (Lipinski definition) is 10. The van der Waals surface area contributed by atoms with E-state index in [1.807, 2.05) is 110 Å². The van der Waals surface area contributed by atoms with Gasteiger partial charge in [0, 0.05) is 92.1 Å². The van der Waals surface area contributed by atoms with Crippen molar-refractivity contribution >= 4 is 125 Å². The van der Waals surface area contributed by atoms with Gasteiger partial charge in [-0.2, -0.15) is 0 Å². The largest absolute Gasteiger partial charge is 0.481 e. The van der Waals surface area contributed by atoms with Gasteiger partial charge in [-0.25, -0.2) is 19.9 Å². The lowest BCUT2D eigenvalue weighted by Gasteiger charge is -2.05. The molecule has 4 aliphatic heterocycles. The van der Waals surface area contributed by atoms with Crippen molar-refractivity contribution in [3.05, 3.63) is 152 Å². The third kappa shape index (κ3) is 12.1. The Hall–Kier alpha value is -9.52. The van der Waals surface area contributed by atoms with Crippen LogP contribution in [0.15, 0.2) is 61.7 Å². The van der Waals surface area contributed by atoms with Gasteiger partial charge >= 0.3 is 23.9 Å². The maximum Gasteiger partial charge on any atom is 0.303 e. The molecule has 0 aromatic carbocycles. The van der Waals surface area contributed by atoms with Crippen molar-refractivity contribution in [1.29, 1.82) is 0 Å². The molecular weight excluding hydrogens is 1090 g/mol. The van der Waals surface area contributed by atoms with E-state index in [9.17, 15) is 49.8 Å². The van der Waals surface area contributed by atoms with Crippen molar-refractivity contribution in [1.82, 2.24) is 39.9 Å². The molecule has 10 rings (SSSR count). The first-order chi connectivity index (χ1) is 40.8. The number of carbonyl (C=O) groups is 4. The van der Waals surface area contributed by atoms with Crippen LogP contribution in [0.4, 0.5) is 0 Å². The molecule has 0 saturated heterocycles. The van der Waals surface area contributed by atoms with E-state index in [-0.39, 0.29) is 38.5 Å². The van der Waals surface area contributed by atoms with Crippen LogP contribution in [0, 0.1) is 27.7 Å². The lowest BCUT2D eigenvalue weighted by molar-refractivity contribution is -0.137. The number of allylic oxidation sites excluding steroid dienone is 8. The molecule has 16 bridgehead atoms.